The van der Waals surface area contributed by atoms with Crippen LogP contribution in [0.4, 0.5) is 0 Å². The molecule has 1 aromatic carbocycles. The summed E-state index contributed by atoms with van der Waals surface area (Å²) in [5.41, 5.74) is 1.45. The van der Waals surface area contributed by atoms with Gasteiger partial charge in [-0.2, -0.15) is 0 Å². The number of hydrogen-bond donors (Lipinski definition) is 0. The summed E-state index contributed by atoms with van der Waals surface area (Å²) >= 11 is 3.32. The summed E-state index contributed by atoms with van der Waals surface area (Å²) in [5, 5.41) is 0. The molecule has 4 nitrogen and oxygen atoms in total. The maximum Gasteiger partial charge on any atom is 0.255 e. The van der Waals surface area contributed by atoms with Gasteiger partial charge in [-0.05, 0) is 23.8 Å². The SMILES string of the molecule is CS(=O)(=O)CN1Cc2cc(Br)ccc2C1=O. The normalized spacial score (nSPS) is 15.4. The highest BCUT2D eigenvalue weighted by Crippen LogP contribution is 2.25. The highest BCUT2D eigenvalue weighted by atomic mass is 79.9. The summed E-state index contributed by atoms with van der Waals surface area (Å²) in [4.78, 5) is 13.2. The Morgan fingerprint density at radius 1 is 1.44 bits per heavy atom. The minimum absolute atomic E-state index is 0.215. The summed E-state index contributed by atoms with van der Waals surface area (Å²) in [6.45, 7) is 0.362. The lowest BCUT2D eigenvalue weighted by Crippen LogP contribution is -2.29. The number of benzene rings is 1. The molecule has 0 radical (unpaired) electrons. The first kappa shape index (κ1) is 11.6. The summed E-state index contributed by atoms with van der Waals surface area (Å²) < 4.78 is 23.2. The Balaban J connectivity index is 2.31. The lowest BCUT2D eigenvalue weighted by atomic mass is 10.1. The predicted molar refractivity (Wildman–Crippen MR) is 63.7 cm³/mol. The van der Waals surface area contributed by atoms with Gasteiger partial charge in [-0.15, -0.1) is 0 Å². The molecule has 1 heterocycles. The molecule has 16 heavy (non-hydrogen) atoms. The molecule has 1 aliphatic rings. The third kappa shape index (κ3) is 2.27. The van der Waals surface area contributed by atoms with Crippen LogP contribution in [0.1, 0.15) is 15.9 Å². The van der Waals surface area contributed by atoms with E-state index in [-0.39, 0.29) is 11.8 Å². The third-order valence-electron chi connectivity index (χ3n) is 2.34. The Labute approximate surface area is 102 Å². The fourth-order valence-electron chi connectivity index (χ4n) is 1.74. The molecule has 0 saturated heterocycles. The summed E-state index contributed by atoms with van der Waals surface area (Å²) in [5.74, 6) is -0.439. The van der Waals surface area contributed by atoms with Crippen molar-refractivity contribution >= 4 is 31.7 Å². The summed E-state index contributed by atoms with van der Waals surface area (Å²) in [6.07, 6.45) is 1.12. The van der Waals surface area contributed by atoms with Gasteiger partial charge in [-0.1, -0.05) is 15.9 Å². The van der Waals surface area contributed by atoms with Crippen molar-refractivity contribution in [1.82, 2.24) is 4.90 Å². The number of sulfone groups is 1. The standard InChI is InChI=1S/C10H10BrNO3S/c1-16(14,15)6-12-5-7-4-8(11)2-3-9(7)10(12)13/h2-4H,5-6H2,1H3. The molecule has 0 spiro atoms. The number of carbonyl (C=O) groups is 1. The number of rotatable bonds is 2. The molecule has 1 aromatic rings. The predicted octanol–water partition coefficient (Wildman–Crippen LogP) is 1.41. The lowest BCUT2D eigenvalue weighted by Gasteiger charge is -2.13. The van der Waals surface area contributed by atoms with Crippen molar-refractivity contribution in [2.75, 3.05) is 12.1 Å². The molecule has 0 aliphatic carbocycles. The molecule has 86 valence electrons. The van der Waals surface area contributed by atoms with Gasteiger partial charge in [-0.3, -0.25) is 4.79 Å². The van der Waals surface area contributed by atoms with Crippen molar-refractivity contribution in [2.24, 2.45) is 0 Å². The molecule has 0 atom stereocenters. The van der Waals surface area contributed by atoms with E-state index in [9.17, 15) is 13.2 Å². The smallest absolute Gasteiger partial charge is 0.255 e. The second kappa shape index (κ2) is 3.85. The molecular weight excluding hydrogens is 294 g/mol. The van der Waals surface area contributed by atoms with Gasteiger partial charge in [0.15, 0.2) is 9.84 Å². The molecule has 0 N–H and O–H groups in total. The van der Waals surface area contributed by atoms with Crippen molar-refractivity contribution in [2.45, 2.75) is 6.54 Å². The van der Waals surface area contributed by atoms with Crippen LogP contribution in [0.25, 0.3) is 0 Å². The summed E-state index contributed by atoms with van der Waals surface area (Å²) in [7, 11) is -3.17. The average molecular weight is 304 g/mol. The van der Waals surface area contributed by atoms with Gasteiger partial charge in [0.2, 0.25) is 0 Å². The van der Waals surface area contributed by atoms with Crippen molar-refractivity contribution in [3.63, 3.8) is 0 Å². The van der Waals surface area contributed by atoms with Crippen LogP contribution in [-0.2, 0) is 16.4 Å². The quantitative estimate of drug-likeness (QED) is 0.830. The number of carbonyl (C=O) groups excluding carboxylic acids is 1. The maximum atomic E-state index is 11.8. The molecular formula is C10H10BrNO3S. The van der Waals surface area contributed by atoms with Crippen molar-refractivity contribution in [1.29, 1.82) is 0 Å². The first-order chi connectivity index (χ1) is 7.37. The van der Waals surface area contributed by atoms with Crippen LogP contribution in [0.15, 0.2) is 22.7 Å². The number of fused-ring (bicyclic) bond motifs is 1. The first-order valence-electron chi connectivity index (χ1n) is 4.62. The monoisotopic (exact) mass is 303 g/mol. The van der Waals surface area contributed by atoms with Gasteiger partial charge in [0.05, 0.1) is 0 Å². The topological polar surface area (TPSA) is 54.5 Å². The average Bonchev–Trinajstić information content (AvgIpc) is 2.40. The minimum Gasteiger partial charge on any atom is -0.320 e. The zero-order valence-corrected chi connectivity index (χ0v) is 11.0. The van der Waals surface area contributed by atoms with E-state index in [1.807, 2.05) is 6.07 Å². The van der Waals surface area contributed by atoms with Gasteiger partial charge in [0.1, 0.15) is 5.88 Å². The number of hydrogen-bond acceptors (Lipinski definition) is 3. The van der Waals surface area contributed by atoms with Gasteiger partial charge >= 0.3 is 0 Å². The fraction of sp³-hybridized carbons (Fsp3) is 0.300. The molecule has 0 aromatic heterocycles. The second-order valence-electron chi connectivity index (χ2n) is 3.86. The second-order valence-corrected chi connectivity index (χ2v) is 6.88. The minimum atomic E-state index is -3.17. The molecule has 0 fully saturated rings. The van der Waals surface area contributed by atoms with E-state index in [0.29, 0.717) is 12.1 Å². The first-order valence-corrected chi connectivity index (χ1v) is 7.47. The fourth-order valence-corrected chi connectivity index (χ4v) is 2.92. The Hall–Kier alpha value is -0.880. The molecule has 1 aliphatic heterocycles. The lowest BCUT2D eigenvalue weighted by molar-refractivity contribution is 0.0804. The van der Waals surface area contributed by atoms with Gasteiger partial charge in [-0.25, -0.2) is 8.42 Å². The van der Waals surface area contributed by atoms with E-state index >= 15 is 0 Å². The van der Waals surface area contributed by atoms with E-state index in [2.05, 4.69) is 15.9 Å². The molecule has 0 unspecified atom stereocenters. The Kier molecular flexibility index (Phi) is 2.79. The highest BCUT2D eigenvalue weighted by Gasteiger charge is 2.29. The van der Waals surface area contributed by atoms with Gasteiger partial charge in [0.25, 0.3) is 5.91 Å². The zero-order valence-electron chi connectivity index (χ0n) is 8.60. The van der Waals surface area contributed by atoms with Crippen LogP contribution in [0.5, 0.6) is 0 Å². The van der Waals surface area contributed by atoms with E-state index < -0.39 is 9.84 Å². The third-order valence-corrected chi connectivity index (χ3v) is 3.61. The molecule has 2 rings (SSSR count). The van der Waals surface area contributed by atoms with E-state index in [0.717, 1.165) is 16.3 Å². The van der Waals surface area contributed by atoms with E-state index in [1.165, 1.54) is 4.90 Å². The van der Waals surface area contributed by atoms with Crippen LogP contribution in [0.2, 0.25) is 0 Å². The molecule has 6 heteroatoms. The van der Waals surface area contributed by atoms with Crippen LogP contribution in [-0.4, -0.2) is 31.4 Å². The number of nitrogens with zero attached hydrogens (tertiary/aromatic N) is 1. The van der Waals surface area contributed by atoms with Gasteiger partial charge in [0, 0.05) is 22.8 Å². The number of amides is 1. The zero-order chi connectivity index (χ0) is 11.9. The summed E-state index contributed by atoms with van der Waals surface area (Å²) in [6, 6.07) is 5.33. The Bertz CT molecular complexity index is 553. The van der Waals surface area contributed by atoms with Gasteiger partial charge < -0.3 is 4.90 Å². The molecule has 1 amide bonds. The van der Waals surface area contributed by atoms with Crippen LogP contribution < -0.4 is 0 Å². The highest BCUT2D eigenvalue weighted by molar-refractivity contribution is 9.10. The Morgan fingerprint density at radius 3 is 2.75 bits per heavy atom. The molecule has 0 saturated carbocycles. The van der Waals surface area contributed by atoms with Crippen molar-refractivity contribution in [3.8, 4) is 0 Å². The van der Waals surface area contributed by atoms with Crippen LogP contribution >= 0.6 is 15.9 Å². The largest absolute Gasteiger partial charge is 0.320 e. The van der Waals surface area contributed by atoms with Crippen LogP contribution in [0, 0.1) is 0 Å². The van der Waals surface area contributed by atoms with E-state index in [1.54, 1.807) is 12.1 Å². The van der Waals surface area contributed by atoms with Crippen LogP contribution in [0.3, 0.4) is 0 Å². The maximum absolute atomic E-state index is 11.8. The molecule has 0 bridgehead atoms. The number of halogens is 1. The van der Waals surface area contributed by atoms with Crippen molar-refractivity contribution < 1.29 is 13.2 Å². The Morgan fingerprint density at radius 2 is 2.12 bits per heavy atom. The van der Waals surface area contributed by atoms with Crippen molar-refractivity contribution in [3.05, 3.63) is 33.8 Å². The van der Waals surface area contributed by atoms with E-state index in [4.69, 9.17) is 0 Å².